The van der Waals surface area contributed by atoms with E-state index in [0.29, 0.717) is 6.54 Å². The van der Waals surface area contributed by atoms with Crippen molar-refractivity contribution >= 4 is 17.2 Å². The van der Waals surface area contributed by atoms with E-state index in [-0.39, 0.29) is 11.3 Å². The molecule has 4 nitrogen and oxygen atoms in total. The minimum Gasteiger partial charge on any atom is -0.361 e. The number of carbonyl (C=O) groups excluding carboxylic acids is 1. The zero-order valence-corrected chi connectivity index (χ0v) is 13.7. The number of thiophene rings is 1. The van der Waals surface area contributed by atoms with Crippen LogP contribution in [-0.4, -0.2) is 17.6 Å². The molecule has 22 heavy (non-hydrogen) atoms. The first kappa shape index (κ1) is 15.3. The van der Waals surface area contributed by atoms with E-state index in [1.165, 1.54) is 4.88 Å². The van der Waals surface area contributed by atoms with Gasteiger partial charge in [0.15, 0.2) is 0 Å². The molecule has 2 aromatic heterocycles. The molecule has 118 valence electrons. The van der Waals surface area contributed by atoms with Gasteiger partial charge in [-0.3, -0.25) is 4.79 Å². The fraction of sp³-hybridized carbons (Fsp3) is 0.529. The molecule has 0 spiro atoms. The molecule has 1 aliphatic rings. The summed E-state index contributed by atoms with van der Waals surface area (Å²) in [5.41, 5.74) is 0.624. The van der Waals surface area contributed by atoms with Crippen LogP contribution in [0, 0.1) is 6.92 Å². The van der Waals surface area contributed by atoms with Crippen molar-refractivity contribution in [2.75, 3.05) is 6.54 Å². The lowest BCUT2D eigenvalue weighted by atomic mass is 9.83. The van der Waals surface area contributed by atoms with Gasteiger partial charge in [0.25, 0.3) is 0 Å². The van der Waals surface area contributed by atoms with E-state index >= 15 is 0 Å². The van der Waals surface area contributed by atoms with Gasteiger partial charge in [0, 0.05) is 23.9 Å². The molecule has 0 saturated heterocycles. The van der Waals surface area contributed by atoms with Gasteiger partial charge in [-0.25, -0.2) is 0 Å². The minimum absolute atomic E-state index is 0.196. The van der Waals surface area contributed by atoms with Crippen LogP contribution < -0.4 is 5.32 Å². The Labute approximate surface area is 134 Å². The second-order valence-corrected chi connectivity index (χ2v) is 7.01. The Bertz CT molecular complexity index is 612. The maximum atomic E-state index is 12.7. The van der Waals surface area contributed by atoms with E-state index in [1.54, 1.807) is 11.3 Å². The third-order valence-corrected chi connectivity index (χ3v) is 5.52. The van der Waals surface area contributed by atoms with Gasteiger partial charge in [-0.05, 0) is 37.6 Å². The average molecular weight is 318 g/mol. The van der Waals surface area contributed by atoms with E-state index in [4.69, 9.17) is 4.52 Å². The molecule has 1 saturated carbocycles. The number of hydrogen-bond donors (Lipinski definition) is 1. The largest absolute Gasteiger partial charge is 0.361 e. The molecule has 1 amide bonds. The van der Waals surface area contributed by atoms with Crippen LogP contribution in [0.15, 0.2) is 28.1 Å². The predicted molar refractivity (Wildman–Crippen MR) is 87.0 cm³/mol. The number of aromatic nitrogens is 1. The van der Waals surface area contributed by atoms with E-state index in [0.717, 1.165) is 50.0 Å². The summed E-state index contributed by atoms with van der Waals surface area (Å²) in [6.07, 6.45) is 5.92. The van der Waals surface area contributed by atoms with Crippen molar-refractivity contribution in [3.05, 3.63) is 39.9 Å². The normalized spacial score (nSPS) is 16.8. The minimum atomic E-state index is -0.281. The maximum absolute atomic E-state index is 12.7. The SMILES string of the molecule is Cc1cc(CCCNC(=O)C2(c3cccs3)CCCC2)on1. The smallest absolute Gasteiger partial charge is 0.231 e. The summed E-state index contributed by atoms with van der Waals surface area (Å²) in [5.74, 6) is 1.08. The first-order valence-electron chi connectivity index (χ1n) is 7.95. The second-order valence-electron chi connectivity index (χ2n) is 6.06. The summed E-state index contributed by atoms with van der Waals surface area (Å²) in [6, 6.07) is 6.10. The van der Waals surface area contributed by atoms with Crippen LogP contribution >= 0.6 is 11.3 Å². The molecule has 3 rings (SSSR count). The van der Waals surface area contributed by atoms with E-state index in [2.05, 4.69) is 21.9 Å². The van der Waals surface area contributed by atoms with Crippen LogP contribution in [0.1, 0.15) is 48.4 Å². The van der Waals surface area contributed by atoms with E-state index in [9.17, 15) is 4.79 Å². The highest BCUT2D eigenvalue weighted by Gasteiger charge is 2.43. The maximum Gasteiger partial charge on any atom is 0.231 e. The number of aryl methyl sites for hydroxylation is 2. The summed E-state index contributed by atoms with van der Waals surface area (Å²) < 4.78 is 5.19. The van der Waals surface area contributed by atoms with E-state index in [1.807, 2.05) is 19.1 Å². The first-order chi connectivity index (χ1) is 10.7. The molecule has 1 N–H and O–H groups in total. The molecule has 5 heteroatoms. The Hall–Kier alpha value is -1.62. The average Bonchev–Trinajstić information content (AvgIpc) is 3.24. The van der Waals surface area contributed by atoms with E-state index < -0.39 is 0 Å². The molecule has 1 fully saturated rings. The number of nitrogens with one attached hydrogen (secondary N) is 1. The molecular weight excluding hydrogens is 296 g/mol. The molecule has 2 aromatic rings. The molecular formula is C17H22N2O2S. The molecule has 0 aliphatic heterocycles. The fourth-order valence-electron chi connectivity index (χ4n) is 3.28. The van der Waals surface area contributed by atoms with Crippen LogP contribution in [-0.2, 0) is 16.6 Å². The molecule has 0 unspecified atom stereocenters. The van der Waals surface area contributed by atoms with Gasteiger partial charge in [-0.2, -0.15) is 0 Å². The quantitative estimate of drug-likeness (QED) is 0.828. The highest BCUT2D eigenvalue weighted by molar-refractivity contribution is 7.10. The molecule has 0 radical (unpaired) electrons. The third-order valence-electron chi connectivity index (χ3n) is 4.45. The Balaban J connectivity index is 1.54. The Morgan fingerprint density at radius 1 is 1.45 bits per heavy atom. The van der Waals surface area contributed by atoms with Crippen LogP contribution in [0.3, 0.4) is 0 Å². The van der Waals surface area contributed by atoms with Crippen molar-refractivity contribution in [2.45, 2.75) is 50.9 Å². The summed E-state index contributed by atoms with van der Waals surface area (Å²) in [6.45, 7) is 2.60. The van der Waals surface area contributed by atoms with Gasteiger partial charge in [0.2, 0.25) is 5.91 Å². The Morgan fingerprint density at radius 2 is 2.27 bits per heavy atom. The summed E-state index contributed by atoms with van der Waals surface area (Å²) in [4.78, 5) is 14.0. The lowest BCUT2D eigenvalue weighted by molar-refractivity contribution is -0.126. The van der Waals surface area contributed by atoms with Crippen molar-refractivity contribution in [2.24, 2.45) is 0 Å². The monoisotopic (exact) mass is 318 g/mol. The van der Waals surface area contributed by atoms with Gasteiger partial charge in [0.05, 0.1) is 11.1 Å². The number of nitrogens with zero attached hydrogens (tertiary/aromatic N) is 1. The molecule has 0 bridgehead atoms. The lowest BCUT2D eigenvalue weighted by Gasteiger charge is -2.26. The lowest BCUT2D eigenvalue weighted by Crippen LogP contribution is -2.42. The number of amides is 1. The summed E-state index contributed by atoms with van der Waals surface area (Å²) >= 11 is 1.70. The van der Waals surface area contributed by atoms with Crippen molar-refractivity contribution in [1.82, 2.24) is 10.5 Å². The van der Waals surface area contributed by atoms with Crippen molar-refractivity contribution < 1.29 is 9.32 Å². The number of hydrogen-bond acceptors (Lipinski definition) is 4. The number of carbonyl (C=O) groups is 1. The van der Waals surface area contributed by atoms with Crippen molar-refractivity contribution in [1.29, 1.82) is 0 Å². The fourth-order valence-corrected chi connectivity index (χ4v) is 4.27. The zero-order valence-electron chi connectivity index (χ0n) is 12.9. The Kier molecular flexibility index (Phi) is 4.62. The molecule has 2 heterocycles. The standard InChI is InChI=1S/C17H22N2O2S/c1-13-12-14(21-19-13)6-4-10-18-16(20)17(8-2-3-9-17)15-7-5-11-22-15/h5,7,11-12H,2-4,6,8-10H2,1H3,(H,18,20). The molecule has 1 aliphatic carbocycles. The van der Waals surface area contributed by atoms with Crippen molar-refractivity contribution in [3.8, 4) is 0 Å². The van der Waals surface area contributed by atoms with Gasteiger partial charge in [-0.15, -0.1) is 11.3 Å². The third kappa shape index (κ3) is 3.09. The van der Waals surface area contributed by atoms with Crippen LogP contribution in [0.25, 0.3) is 0 Å². The zero-order chi connectivity index (χ0) is 15.4. The van der Waals surface area contributed by atoms with Crippen LogP contribution in [0.2, 0.25) is 0 Å². The summed E-state index contributed by atoms with van der Waals surface area (Å²) in [5, 5.41) is 9.08. The highest BCUT2D eigenvalue weighted by atomic mass is 32.1. The number of rotatable bonds is 6. The van der Waals surface area contributed by atoms with Gasteiger partial charge >= 0.3 is 0 Å². The second kappa shape index (κ2) is 6.65. The van der Waals surface area contributed by atoms with Gasteiger partial charge < -0.3 is 9.84 Å². The van der Waals surface area contributed by atoms with Crippen LogP contribution in [0.4, 0.5) is 0 Å². The van der Waals surface area contributed by atoms with Crippen molar-refractivity contribution in [3.63, 3.8) is 0 Å². The van der Waals surface area contributed by atoms with Gasteiger partial charge in [-0.1, -0.05) is 24.1 Å². The predicted octanol–water partition coefficient (Wildman–Crippen LogP) is 3.61. The van der Waals surface area contributed by atoms with Gasteiger partial charge in [0.1, 0.15) is 5.76 Å². The molecule has 0 atom stereocenters. The topological polar surface area (TPSA) is 55.1 Å². The Morgan fingerprint density at radius 3 is 2.91 bits per heavy atom. The first-order valence-corrected chi connectivity index (χ1v) is 8.83. The van der Waals surface area contributed by atoms with Crippen LogP contribution in [0.5, 0.6) is 0 Å². The molecule has 0 aromatic carbocycles. The summed E-state index contributed by atoms with van der Waals surface area (Å²) in [7, 11) is 0. The highest BCUT2D eigenvalue weighted by Crippen LogP contribution is 2.43.